The van der Waals surface area contributed by atoms with Crippen molar-refractivity contribution in [3.8, 4) is 0 Å². The molecule has 0 spiro atoms. The summed E-state index contributed by atoms with van der Waals surface area (Å²) in [5.74, 6) is 1.36. The van der Waals surface area contributed by atoms with E-state index in [1.54, 1.807) is 0 Å². The van der Waals surface area contributed by atoms with Crippen molar-refractivity contribution in [2.45, 2.75) is 39.7 Å². The molecule has 1 atom stereocenters. The summed E-state index contributed by atoms with van der Waals surface area (Å²) in [6.07, 6.45) is 3.05. The number of carbonyl (C=O) groups excluding carboxylic acids is 1. The van der Waals surface area contributed by atoms with Crippen LogP contribution in [0.15, 0.2) is 24.3 Å². The molecule has 0 aromatic heterocycles. The first-order valence-corrected chi connectivity index (χ1v) is 7.68. The number of piperidine rings is 1. The first kappa shape index (κ1) is 18.0. The number of aryl methyl sites for hydroxylation is 1. The van der Waals surface area contributed by atoms with E-state index in [1.165, 1.54) is 24.0 Å². The molecular formula is C17H27ClN2O. The quantitative estimate of drug-likeness (QED) is 0.877. The number of amides is 1. The van der Waals surface area contributed by atoms with Crippen molar-refractivity contribution in [2.24, 2.45) is 11.8 Å². The lowest BCUT2D eigenvalue weighted by Crippen LogP contribution is -2.33. The Morgan fingerprint density at radius 3 is 2.67 bits per heavy atom. The first-order chi connectivity index (χ1) is 9.66. The maximum Gasteiger partial charge on any atom is 0.220 e. The second kappa shape index (κ2) is 9.06. The van der Waals surface area contributed by atoms with E-state index in [2.05, 4.69) is 36.6 Å². The highest BCUT2D eigenvalue weighted by atomic mass is 35.5. The molecular weight excluding hydrogens is 284 g/mol. The highest BCUT2D eigenvalue weighted by molar-refractivity contribution is 5.85. The molecule has 21 heavy (non-hydrogen) atoms. The molecule has 1 saturated heterocycles. The first-order valence-electron chi connectivity index (χ1n) is 7.68. The Morgan fingerprint density at radius 2 is 2.00 bits per heavy atom. The Kier molecular flexibility index (Phi) is 7.76. The standard InChI is InChI=1S/C17H26N2O.ClH/c1-13-5-3-4-6-16(13)12-19-17(20)11-14(2)15-7-9-18-10-8-15;/h3-6,14-15,18H,7-12H2,1-2H3,(H,19,20);1H. The maximum absolute atomic E-state index is 12.1. The Balaban J connectivity index is 0.00000220. The topological polar surface area (TPSA) is 41.1 Å². The molecule has 1 aromatic carbocycles. The predicted octanol–water partition coefficient (Wildman–Crippen LogP) is 3.06. The number of halogens is 1. The van der Waals surface area contributed by atoms with Crippen molar-refractivity contribution >= 4 is 18.3 Å². The largest absolute Gasteiger partial charge is 0.352 e. The summed E-state index contributed by atoms with van der Waals surface area (Å²) in [5.41, 5.74) is 2.44. The van der Waals surface area contributed by atoms with Gasteiger partial charge in [0.2, 0.25) is 5.91 Å². The van der Waals surface area contributed by atoms with Gasteiger partial charge in [-0.05, 0) is 55.8 Å². The molecule has 118 valence electrons. The van der Waals surface area contributed by atoms with Gasteiger partial charge in [-0.15, -0.1) is 12.4 Å². The van der Waals surface area contributed by atoms with Crippen LogP contribution in [0, 0.1) is 18.8 Å². The molecule has 1 fully saturated rings. The lowest BCUT2D eigenvalue weighted by molar-refractivity contribution is -0.122. The van der Waals surface area contributed by atoms with Gasteiger partial charge in [-0.1, -0.05) is 31.2 Å². The summed E-state index contributed by atoms with van der Waals surface area (Å²) in [7, 11) is 0. The average Bonchev–Trinajstić information content (AvgIpc) is 2.47. The van der Waals surface area contributed by atoms with Crippen LogP contribution in [0.3, 0.4) is 0 Å². The van der Waals surface area contributed by atoms with E-state index < -0.39 is 0 Å². The van der Waals surface area contributed by atoms with Crippen LogP contribution in [0.2, 0.25) is 0 Å². The average molecular weight is 311 g/mol. The van der Waals surface area contributed by atoms with Crippen LogP contribution in [0.5, 0.6) is 0 Å². The summed E-state index contributed by atoms with van der Waals surface area (Å²) in [6.45, 7) is 7.13. The zero-order chi connectivity index (χ0) is 14.4. The Hall–Kier alpha value is -1.06. The van der Waals surface area contributed by atoms with Crippen molar-refractivity contribution in [3.63, 3.8) is 0 Å². The number of nitrogens with one attached hydrogen (secondary N) is 2. The van der Waals surface area contributed by atoms with E-state index in [1.807, 2.05) is 12.1 Å². The highest BCUT2D eigenvalue weighted by Crippen LogP contribution is 2.24. The van der Waals surface area contributed by atoms with Crippen molar-refractivity contribution in [1.82, 2.24) is 10.6 Å². The summed E-state index contributed by atoms with van der Waals surface area (Å²) in [5, 5.41) is 6.43. The van der Waals surface area contributed by atoms with E-state index in [-0.39, 0.29) is 18.3 Å². The van der Waals surface area contributed by atoms with Crippen LogP contribution in [0.25, 0.3) is 0 Å². The van der Waals surface area contributed by atoms with Crippen LogP contribution in [0.4, 0.5) is 0 Å². The molecule has 1 aromatic rings. The molecule has 3 nitrogen and oxygen atoms in total. The minimum Gasteiger partial charge on any atom is -0.352 e. The Morgan fingerprint density at radius 1 is 1.33 bits per heavy atom. The molecule has 2 rings (SSSR count). The molecule has 0 radical (unpaired) electrons. The molecule has 0 bridgehead atoms. The predicted molar refractivity (Wildman–Crippen MR) is 89.6 cm³/mol. The van der Waals surface area contributed by atoms with Gasteiger partial charge in [-0.2, -0.15) is 0 Å². The van der Waals surface area contributed by atoms with Crippen LogP contribution in [-0.4, -0.2) is 19.0 Å². The van der Waals surface area contributed by atoms with E-state index in [9.17, 15) is 4.79 Å². The lowest BCUT2D eigenvalue weighted by atomic mass is 9.84. The minimum atomic E-state index is 0. The Labute approximate surface area is 134 Å². The van der Waals surface area contributed by atoms with Crippen LogP contribution in [0.1, 0.15) is 37.3 Å². The Bertz CT molecular complexity index is 444. The minimum absolute atomic E-state index is 0. The second-order valence-corrected chi connectivity index (χ2v) is 5.97. The van der Waals surface area contributed by atoms with Crippen molar-refractivity contribution in [2.75, 3.05) is 13.1 Å². The molecule has 2 N–H and O–H groups in total. The number of benzene rings is 1. The fourth-order valence-corrected chi connectivity index (χ4v) is 2.95. The third-order valence-corrected chi connectivity index (χ3v) is 4.43. The van der Waals surface area contributed by atoms with E-state index in [4.69, 9.17) is 0 Å². The van der Waals surface area contributed by atoms with E-state index in [0.717, 1.165) is 13.1 Å². The fraction of sp³-hybridized carbons (Fsp3) is 0.588. The SMILES string of the molecule is Cc1ccccc1CNC(=O)CC(C)C1CCNCC1.Cl. The molecule has 1 aliphatic heterocycles. The van der Waals surface area contributed by atoms with E-state index >= 15 is 0 Å². The number of rotatable bonds is 5. The summed E-state index contributed by atoms with van der Waals surface area (Å²) in [6, 6.07) is 8.21. The monoisotopic (exact) mass is 310 g/mol. The normalized spacial score (nSPS) is 16.9. The van der Waals surface area contributed by atoms with Gasteiger partial charge in [0.05, 0.1) is 0 Å². The molecule has 1 heterocycles. The van der Waals surface area contributed by atoms with Gasteiger partial charge in [-0.3, -0.25) is 4.79 Å². The number of hydrogen-bond donors (Lipinski definition) is 2. The number of hydrogen-bond acceptors (Lipinski definition) is 2. The summed E-state index contributed by atoms with van der Waals surface area (Å²) in [4.78, 5) is 12.1. The fourth-order valence-electron chi connectivity index (χ4n) is 2.95. The lowest BCUT2D eigenvalue weighted by Gasteiger charge is -2.27. The van der Waals surface area contributed by atoms with Crippen LogP contribution >= 0.6 is 12.4 Å². The molecule has 0 aliphatic carbocycles. The third-order valence-electron chi connectivity index (χ3n) is 4.43. The molecule has 1 unspecified atom stereocenters. The van der Waals surface area contributed by atoms with Crippen molar-refractivity contribution in [1.29, 1.82) is 0 Å². The van der Waals surface area contributed by atoms with Gasteiger partial charge >= 0.3 is 0 Å². The molecule has 4 heteroatoms. The molecule has 0 saturated carbocycles. The molecule has 1 aliphatic rings. The van der Waals surface area contributed by atoms with Crippen LogP contribution in [-0.2, 0) is 11.3 Å². The zero-order valence-corrected chi connectivity index (χ0v) is 13.8. The van der Waals surface area contributed by atoms with Gasteiger partial charge in [0, 0.05) is 13.0 Å². The van der Waals surface area contributed by atoms with Gasteiger partial charge in [0.1, 0.15) is 0 Å². The maximum atomic E-state index is 12.1. The summed E-state index contributed by atoms with van der Waals surface area (Å²) >= 11 is 0. The number of carbonyl (C=O) groups is 1. The third kappa shape index (κ3) is 5.68. The van der Waals surface area contributed by atoms with Crippen molar-refractivity contribution < 1.29 is 4.79 Å². The zero-order valence-electron chi connectivity index (χ0n) is 13.0. The smallest absolute Gasteiger partial charge is 0.220 e. The van der Waals surface area contributed by atoms with Crippen LogP contribution < -0.4 is 10.6 Å². The second-order valence-electron chi connectivity index (χ2n) is 5.97. The van der Waals surface area contributed by atoms with Crippen molar-refractivity contribution in [3.05, 3.63) is 35.4 Å². The van der Waals surface area contributed by atoms with Gasteiger partial charge in [0.15, 0.2) is 0 Å². The molecule has 1 amide bonds. The van der Waals surface area contributed by atoms with Gasteiger partial charge in [-0.25, -0.2) is 0 Å². The highest BCUT2D eigenvalue weighted by Gasteiger charge is 2.21. The van der Waals surface area contributed by atoms with E-state index in [0.29, 0.717) is 24.8 Å². The van der Waals surface area contributed by atoms with Gasteiger partial charge < -0.3 is 10.6 Å². The summed E-state index contributed by atoms with van der Waals surface area (Å²) < 4.78 is 0. The van der Waals surface area contributed by atoms with Gasteiger partial charge in [0.25, 0.3) is 0 Å².